The van der Waals surface area contributed by atoms with Crippen LogP contribution in [0.4, 0.5) is 0 Å². The fourth-order valence-corrected chi connectivity index (χ4v) is 2.72. The smallest absolute Gasteiger partial charge is 0.220 e. The van der Waals surface area contributed by atoms with Crippen LogP contribution in [0.1, 0.15) is 35.6 Å². The molecule has 1 unspecified atom stereocenters. The molecule has 2 aromatic carbocycles. The van der Waals surface area contributed by atoms with Gasteiger partial charge in [0.2, 0.25) is 5.91 Å². The summed E-state index contributed by atoms with van der Waals surface area (Å²) in [7, 11) is 3.11. The molecule has 5 heteroatoms. The zero-order valence-corrected chi connectivity index (χ0v) is 15.6. The number of hydrogen-bond acceptors (Lipinski definition) is 4. The zero-order valence-electron chi connectivity index (χ0n) is 15.6. The lowest BCUT2D eigenvalue weighted by Gasteiger charge is -2.16. The largest absolute Gasteiger partial charge is 0.497 e. The van der Waals surface area contributed by atoms with Gasteiger partial charge < -0.3 is 19.9 Å². The van der Waals surface area contributed by atoms with Gasteiger partial charge in [0.15, 0.2) is 0 Å². The molecular weight excluding hydrogens is 330 g/mol. The second-order valence-corrected chi connectivity index (χ2v) is 6.27. The lowest BCUT2D eigenvalue weighted by Crippen LogP contribution is -2.28. The molecule has 0 bridgehead atoms. The monoisotopic (exact) mass is 357 g/mol. The predicted octanol–water partition coefficient (Wildman–Crippen LogP) is 3.18. The maximum absolute atomic E-state index is 12.0. The van der Waals surface area contributed by atoms with Crippen molar-refractivity contribution in [2.75, 3.05) is 20.8 Å². The molecule has 0 saturated carbocycles. The molecule has 0 radical (unpaired) electrons. The number of carbonyl (C=O) groups is 1. The summed E-state index contributed by atoms with van der Waals surface area (Å²) >= 11 is 0. The van der Waals surface area contributed by atoms with Crippen molar-refractivity contribution < 1.29 is 19.4 Å². The molecule has 0 spiro atoms. The van der Waals surface area contributed by atoms with E-state index in [0.29, 0.717) is 23.5 Å². The Kier molecular flexibility index (Phi) is 7.48. The van der Waals surface area contributed by atoms with Crippen LogP contribution in [0.5, 0.6) is 11.5 Å². The number of rotatable bonds is 9. The molecule has 2 N–H and O–H groups in total. The number of methoxy groups -OCH3 is 2. The average molecular weight is 357 g/mol. The van der Waals surface area contributed by atoms with Crippen LogP contribution < -0.4 is 14.8 Å². The van der Waals surface area contributed by atoms with Crippen LogP contribution >= 0.6 is 0 Å². The van der Waals surface area contributed by atoms with E-state index in [2.05, 4.69) is 36.5 Å². The van der Waals surface area contributed by atoms with Crippen LogP contribution in [-0.2, 0) is 11.2 Å². The summed E-state index contributed by atoms with van der Waals surface area (Å²) in [5.74, 6) is 1.12. The minimum Gasteiger partial charge on any atom is -0.497 e. The number of carbonyl (C=O) groups excluding carboxylic acids is 1. The Bertz CT molecular complexity index is 712. The van der Waals surface area contributed by atoms with Crippen LogP contribution in [0.3, 0.4) is 0 Å². The molecule has 5 nitrogen and oxygen atoms in total. The molecule has 0 fully saturated rings. The van der Waals surface area contributed by atoms with Gasteiger partial charge in [-0.2, -0.15) is 0 Å². The second-order valence-electron chi connectivity index (χ2n) is 6.27. The molecule has 2 rings (SSSR count). The summed E-state index contributed by atoms with van der Waals surface area (Å²) in [4.78, 5) is 12.0. The van der Waals surface area contributed by atoms with Crippen LogP contribution in [0.2, 0.25) is 0 Å². The van der Waals surface area contributed by atoms with Gasteiger partial charge in [0.1, 0.15) is 11.5 Å². The quantitative estimate of drug-likeness (QED) is 0.723. The van der Waals surface area contributed by atoms with Crippen molar-refractivity contribution >= 4 is 5.91 Å². The molecular formula is C21H27NO4. The summed E-state index contributed by atoms with van der Waals surface area (Å²) < 4.78 is 10.4. The van der Waals surface area contributed by atoms with Gasteiger partial charge in [-0.25, -0.2) is 0 Å². The normalized spacial score (nSPS) is 11.7. The third-order valence-electron chi connectivity index (χ3n) is 4.28. The Morgan fingerprint density at radius 3 is 2.50 bits per heavy atom. The SMILES string of the molecule is COc1ccc(OC)c(C(O)CNC(=O)CCCc2ccc(C)cc2)c1. The minimum absolute atomic E-state index is 0.0713. The van der Waals surface area contributed by atoms with Crippen molar-refractivity contribution in [1.82, 2.24) is 5.32 Å². The highest BCUT2D eigenvalue weighted by Gasteiger charge is 2.15. The third kappa shape index (κ3) is 5.77. The van der Waals surface area contributed by atoms with E-state index < -0.39 is 6.10 Å². The first-order valence-corrected chi connectivity index (χ1v) is 8.75. The third-order valence-corrected chi connectivity index (χ3v) is 4.28. The number of hydrogen-bond donors (Lipinski definition) is 2. The number of aliphatic hydroxyl groups excluding tert-OH is 1. The maximum atomic E-state index is 12.0. The Hall–Kier alpha value is -2.53. The van der Waals surface area contributed by atoms with E-state index in [9.17, 15) is 9.90 Å². The summed E-state index contributed by atoms with van der Waals surface area (Å²) in [5.41, 5.74) is 3.05. The predicted molar refractivity (Wildman–Crippen MR) is 102 cm³/mol. The molecule has 1 amide bonds. The highest BCUT2D eigenvalue weighted by Crippen LogP contribution is 2.29. The van der Waals surface area contributed by atoms with Gasteiger partial charge in [0.05, 0.1) is 20.3 Å². The second kappa shape index (κ2) is 9.82. The average Bonchev–Trinajstić information content (AvgIpc) is 2.67. The van der Waals surface area contributed by atoms with Gasteiger partial charge in [-0.3, -0.25) is 4.79 Å². The minimum atomic E-state index is -0.860. The van der Waals surface area contributed by atoms with E-state index in [0.717, 1.165) is 12.8 Å². The number of aliphatic hydroxyl groups is 1. The van der Waals surface area contributed by atoms with E-state index in [4.69, 9.17) is 9.47 Å². The van der Waals surface area contributed by atoms with Gasteiger partial charge in [-0.05, 0) is 43.5 Å². The summed E-state index contributed by atoms with van der Waals surface area (Å²) in [6.45, 7) is 2.19. The number of nitrogens with one attached hydrogen (secondary N) is 1. The number of ether oxygens (including phenoxy) is 2. The molecule has 0 saturated heterocycles. The van der Waals surface area contributed by atoms with Crippen LogP contribution in [0.25, 0.3) is 0 Å². The molecule has 0 heterocycles. The Morgan fingerprint density at radius 1 is 1.12 bits per heavy atom. The first-order valence-electron chi connectivity index (χ1n) is 8.75. The molecule has 2 aromatic rings. The molecule has 0 aromatic heterocycles. The van der Waals surface area contributed by atoms with E-state index >= 15 is 0 Å². The van der Waals surface area contributed by atoms with Crippen LogP contribution in [0, 0.1) is 6.92 Å². The topological polar surface area (TPSA) is 67.8 Å². The van der Waals surface area contributed by atoms with Crippen LogP contribution in [0.15, 0.2) is 42.5 Å². The first kappa shape index (κ1) is 19.8. The molecule has 0 aliphatic heterocycles. The highest BCUT2D eigenvalue weighted by molar-refractivity contribution is 5.75. The van der Waals surface area contributed by atoms with Crippen molar-refractivity contribution in [1.29, 1.82) is 0 Å². The molecule has 1 atom stereocenters. The molecule has 0 aliphatic carbocycles. The number of aryl methyl sites for hydroxylation is 2. The van der Waals surface area contributed by atoms with Gasteiger partial charge >= 0.3 is 0 Å². The lowest BCUT2D eigenvalue weighted by atomic mass is 10.1. The van der Waals surface area contributed by atoms with Gasteiger partial charge in [-0.1, -0.05) is 29.8 Å². The van der Waals surface area contributed by atoms with Gasteiger partial charge in [-0.15, -0.1) is 0 Å². The lowest BCUT2D eigenvalue weighted by molar-refractivity contribution is -0.121. The Labute approximate surface area is 155 Å². The Balaban J connectivity index is 1.80. The van der Waals surface area contributed by atoms with E-state index in [1.807, 2.05) is 0 Å². The molecule has 140 valence electrons. The summed E-state index contributed by atoms with van der Waals surface area (Å²) in [6, 6.07) is 13.5. The standard InChI is InChI=1S/C21H27NO4/c1-15-7-9-16(10-8-15)5-4-6-21(24)22-14-19(23)18-13-17(25-2)11-12-20(18)26-3/h7-13,19,23H,4-6,14H2,1-3H3,(H,22,24). The van der Waals surface area contributed by atoms with Crippen molar-refractivity contribution in [3.63, 3.8) is 0 Å². The highest BCUT2D eigenvalue weighted by atomic mass is 16.5. The summed E-state index contributed by atoms with van der Waals surface area (Å²) in [6.07, 6.45) is 1.20. The first-order chi connectivity index (χ1) is 12.5. The van der Waals surface area contributed by atoms with Crippen molar-refractivity contribution in [3.05, 3.63) is 59.2 Å². The molecule has 26 heavy (non-hydrogen) atoms. The van der Waals surface area contributed by atoms with Crippen molar-refractivity contribution in [2.45, 2.75) is 32.3 Å². The Morgan fingerprint density at radius 2 is 1.85 bits per heavy atom. The van der Waals surface area contributed by atoms with Crippen LogP contribution in [-0.4, -0.2) is 31.8 Å². The molecule has 0 aliphatic rings. The van der Waals surface area contributed by atoms with E-state index in [1.165, 1.54) is 11.1 Å². The maximum Gasteiger partial charge on any atom is 0.220 e. The fourth-order valence-electron chi connectivity index (χ4n) is 2.72. The van der Waals surface area contributed by atoms with Gasteiger partial charge in [0, 0.05) is 18.5 Å². The van der Waals surface area contributed by atoms with E-state index in [-0.39, 0.29) is 12.5 Å². The van der Waals surface area contributed by atoms with Gasteiger partial charge in [0.25, 0.3) is 0 Å². The van der Waals surface area contributed by atoms with Crippen molar-refractivity contribution in [2.24, 2.45) is 0 Å². The number of benzene rings is 2. The fraction of sp³-hybridized carbons (Fsp3) is 0.381. The van der Waals surface area contributed by atoms with Crippen molar-refractivity contribution in [3.8, 4) is 11.5 Å². The summed E-state index contributed by atoms with van der Waals surface area (Å²) in [5, 5.41) is 13.2. The zero-order chi connectivity index (χ0) is 18.9. The number of amides is 1. The van der Waals surface area contributed by atoms with E-state index in [1.54, 1.807) is 32.4 Å².